The van der Waals surface area contributed by atoms with Gasteiger partial charge in [0.05, 0.1) is 19.6 Å². The molecular formula is C12H19F9NO3S+. The molecule has 0 saturated heterocycles. The van der Waals surface area contributed by atoms with E-state index in [2.05, 4.69) is 4.18 Å². The Morgan fingerprint density at radius 2 is 1.15 bits per heavy atom. The molecule has 0 fully saturated rings. The Bertz CT molecular complexity index is 577. The van der Waals surface area contributed by atoms with Crippen molar-refractivity contribution in [2.45, 2.75) is 57.2 Å². The van der Waals surface area contributed by atoms with Crippen molar-refractivity contribution in [1.82, 2.24) is 0 Å². The molecule has 14 heteroatoms. The molecule has 158 valence electrons. The van der Waals surface area contributed by atoms with E-state index in [1.807, 2.05) is 0 Å². The Morgan fingerprint density at radius 3 is 1.42 bits per heavy atom. The highest BCUT2D eigenvalue weighted by molar-refractivity contribution is 7.87. The minimum absolute atomic E-state index is 0.0877. The van der Waals surface area contributed by atoms with E-state index in [9.17, 15) is 47.9 Å². The quantitative estimate of drug-likeness (QED) is 0.242. The normalized spacial score (nSPS) is 16.7. The van der Waals surface area contributed by atoms with E-state index in [4.69, 9.17) is 0 Å². The van der Waals surface area contributed by atoms with E-state index in [1.54, 1.807) is 0 Å². The van der Waals surface area contributed by atoms with E-state index in [1.165, 1.54) is 20.8 Å². The monoisotopic (exact) mass is 428 g/mol. The van der Waals surface area contributed by atoms with Crippen molar-refractivity contribution in [2.75, 3.05) is 19.6 Å². The van der Waals surface area contributed by atoms with Gasteiger partial charge in [-0.25, -0.2) is 4.18 Å². The maximum Gasteiger partial charge on any atom is 0.460 e. The second-order valence-corrected chi connectivity index (χ2v) is 7.09. The lowest BCUT2D eigenvalue weighted by Crippen LogP contribution is -2.64. The van der Waals surface area contributed by atoms with Crippen LogP contribution in [0.3, 0.4) is 0 Å². The summed E-state index contributed by atoms with van der Waals surface area (Å²) in [6, 6.07) is 0. The minimum atomic E-state index is -7.31. The van der Waals surface area contributed by atoms with Crippen LogP contribution in [0.15, 0.2) is 0 Å². The maximum atomic E-state index is 13.6. The molecule has 0 aromatic heterocycles. The molecule has 0 rings (SSSR count). The molecule has 0 spiro atoms. The Balaban J connectivity index is 6.06. The molecule has 0 aliphatic rings. The van der Waals surface area contributed by atoms with Gasteiger partial charge in [-0.15, -0.1) is 0 Å². The van der Waals surface area contributed by atoms with E-state index >= 15 is 0 Å². The first-order valence-electron chi connectivity index (χ1n) is 7.30. The highest BCUT2D eigenvalue weighted by Gasteiger charge is 2.86. The van der Waals surface area contributed by atoms with Crippen LogP contribution in [-0.2, 0) is 14.3 Å². The number of nitrogens with zero attached hydrogens (tertiary/aromatic N) is 1. The molecule has 0 aromatic carbocycles. The van der Waals surface area contributed by atoms with Gasteiger partial charge in [0.15, 0.2) is 0 Å². The molecular weight excluding hydrogens is 409 g/mol. The number of rotatable bonds is 9. The predicted octanol–water partition coefficient (Wildman–Crippen LogP) is 3.98. The van der Waals surface area contributed by atoms with Crippen molar-refractivity contribution in [3.05, 3.63) is 0 Å². The summed E-state index contributed by atoms with van der Waals surface area (Å²) in [7, 11) is -6.85. The van der Waals surface area contributed by atoms with Crippen LogP contribution in [0.2, 0.25) is 0 Å². The number of hydrogen-bond acceptors (Lipinski definition) is 3. The van der Waals surface area contributed by atoms with Crippen molar-refractivity contribution in [2.24, 2.45) is 0 Å². The Kier molecular flexibility index (Phi) is 7.12. The lowest BCUT2D eigenvalue weighted by atomic mass is 10.1. The van der Waals surface area contributed by atoms with Crippen LogP contribution >= 0.6 is 0 Å². The number of alkyl halides is 9. The molecule has 0 saturated carbocycles. The van der Waals surface area contributed by atoms with Gasteiger partial charge in [0.1, 0.15) is 0 Å². The first-order valence-corrected chi connectivity index (χ1v) is 8.70. The molecule has 0 bridgehead atoms. The molecule has 0 N–H and O–H groups in total. The highest BCUT2D eigenvalue weighted by Crippen LogP contribution is 2.55. The molecule has 1 unspecified atom stereocenters. The number of hydrogen-bond donors (Lipinski definition) is 0. The van der Waals surface area contributed by atoms with Crippen LogP contribution in [0.4, 0.5) is 39.5 Å². The van der Waals surface area contributed by atoms with Gasteiger partial charge in [-0.05, 0) is 20.8 Å². The maximum absolute atomic E-state index is 13.6. The molecule has 0 aliphatic heterocycles. The van der Waals surface area contributed by atoms with Gasteiger partial charge in [0, 0.05) is 6.92 Å². The van der Waals surface area contributed by atoms with Crippen LogP contribution in [0.25, 0.3) is 0 Å². The fraction of sp³-hybridized carbons (Fsp3) is 1.00. The van der Waals surface area contributed by atoms with Crippen molar-refractivity contribution in [1.29, 1.82) is 0 Å². The molecule has 1 atom stereocenters. The molecule has 0 radical (unpaired) electrons. The average molecular weight is 428 g/mol. The zero-order chi connectivity index (χ0) is 21.4. The Labute approximate surface area is 144 Å². The second-order valence-electron chi connectivity index (χ2n) is 5.48. The third kappa shape index (κ3) is 3.77. The van der Waals surface area contributed by atoms with Crippen LogP contribution in [0.5, 0.6) is 0 Å². The molecule has 0 heterocycles. The molecule has 0 aliphatic carbocycles. The third-order valence-corrected chi connectivity index (χ3v) is 5.77. The Morgan fingerprint density at radius 1 is 0.808 bits per heavy atom. The fourth-order valence-electron chi connectivity index (χ4n) is 2.29. The van der Waals surface area contributed by atoms with Crippen molar-refractivity contribution >= 4 is 10.1 Å². The summed E-state index contributed by atoms with van der Waals surface area (Å²) in [6.45, 7) is 5.64. The van der Waals surface area contributed by atoms with E-state index < -0.39 is 39.6 Å². The van der Waals surface area contributed by atoms with E-state index in [0.717, 1.165) is 6.92 Å². The summed E-state index contributed by atoms with van der Waals surface area (Å²) in [5.41, 5.74) is 0. The van der Waals surface area contributed by atoms with Crippen LogP contribution in [0.1, 0.15) is 27.7 Å². The van der Waals surface area contributed by atoms with Gasteiger partial charge >= 0.3 is 33.4 Å². The van der Waals surface area contributed by atoms with Gasteiger partial charge in [0.2, 0.25) is 6.23 Å². The fourth-order valence-corrected chi connectivity index (χ4v) is 3.41. The third-order valence-electron chi connectivity index (χ3n) is 4.36. The molecule has 4 nitrogen and oxygen atoms in total. The first kappa shape index (κ1) is 25.2. The standard InChI is InChI=1S/C12H19F9NO3S/c1-5-22(6-2,7-3)8(4)25-26(23,24)12(20,21)10(15,16)9(13,14)11(17,18)19/h8H,5-7H2,1-4H3/q+1. The van der Waals surface area contributed by atoms with E-state index in [0.29, 0.717) is 0 Å². The minimum Gasteiger partial charge on any atom is -0.298 e. The van der Waals surface area contributed by atoms with Gasteiger partial charge in [-0.3, -0.25) is 4.48 Å². The number of halogens is 9. The van der Waals surface area contributed by atoms with Gasteiger partial charge in [-0.2, -0.15) is 47.9 Å². The molecule has 26 heavy (non-hydrogen) atoms. The highest BCUT2D eigenvalue weighted by atomic mass is 32.2. The van der Waals surface area contributed by atoms with Gasteiger partial charge < -0.3 is 0 Å². The summed E-state index contributed by atoms with van der Waals surface area (Å²) < 4.78 is 142. The second kappa shape index (κ2) is 7.34. The topological polar surface area (TPSA) is 43.4 Å². The van der Waals surface area contributed by atoms with Crippen molar-refractivity contribution in [3.63, 3.8) is 0 Å². The van der Waals surface area contributed by atoms with E-state index in [-0.39, 0.29) is 24.1 Å². The van der Waals surface area contributed by atoms with Crippen molar-refractivity contribution < 1.29 is 56.6 Å². The van der Waals surface area contributed by atoms with Gasteiger partial charge in [-0.1, -0.05) is 0 Å². The smallest absolute Gasteiger partial charge is 0.298 e. The summed E-state index contributed by atoms with van der Waals surface area (Å²) in [5, 5.41) is -6.84. The predicted molar refractivity (Wildman–Crippen MR) is 72.2 cm³/mol. The van der Waals surface area contributed by atoms with Crippen LogP contribution in [-0.4, -0.2) is 62.0 Å². The summed E-state index contributed by atoms with van der Waals surface area (Å²) in [5.74, 6) is -14.6. The largest absolute Gasteiger partial charge is 0.460 e. The number of quaternary nitrogens is 1. The lowest BCUT2D eigenvalue weighted by molar-refractivity contribution is -0.961. The molecule has 0 aromatic rings. The lowest BCUT2D eigenvalue weighted by Gasteiger charge is -2.41. The van der Waals surface area contributed by atoms with Crippen LogP contribution < -0.4 is 0 Å². The summed E-state index contributed by atoms with van der Waals surface area (Å²) in [4.78, 5) is 0. The van der Waals surface area contributed by atoms with Crippen LogP contribution in [0, 0.1) is 0 Å². The SMILES string of the molecule is CC[N+](CC)(CC)C(C)OS(=O)(=O)C(F)(F)C(F)(F)C(F)(F)C(F)(F)F. The zero-order valence-electron chi connectivity index (χ0n) is 14.2. The zero-order valence-corrected chi connectivity index (χ0v) is 15.0. The average Bonchev–Trinajstić information content (AvgIpc) is 2.47. The summed E-state index contributed by atoms with van der Waals surface area (Å²) in [6.07, 6.45) is -8.85. The summed E-state index contributed by atoms with van der Waals surface area (Å²) >= 11 is 0. The first-order chi connectivity index (χ1) is 11.3. The van der Waals surface area contributed by atoms with Gasteiger partial charge in [0.25, 0.3) is 0 Å². The Hall–Kier alpha value is -0.760. The van der Waals surface area contributed by atoms with Crippen molar-refractivity contribution in [3.8, 4) is 0 Å². The molecule has 0 amide bonds.